The molecule has 0 bridgehead atoms. The highest BCUT2D eigenvalue weighted by molar-refractivity contribution is 5.84. The van der Waals surface area contributed by atoms with Crippen molar-refractivity contribution in [1.82, 2.24) is 15.1 Å². The number of halogens is 3. The molecule has 2 aliphatic heterocycles. The summed E-state index contributed by atoms with van der Waals surface area (Å²) in [6.45, 7) is 2.13. The average Bonchev–Trinajstić information content (AvgIpc) is 3.31. The van der Waals surface area contributed by atoms with Crippen LogP contribution in [0.1, 0.15) is 17.9 Å². The van der Waals surface area contributed by atoms with Crippen LogP contribution in [0.2, 0.25) is 0 Å². The van der Waals surface area contributed by atoms with E-state index in [2.05, 4.69) is 10.1 Å². The number of alkyl halides is 3. The van der Waals surface area contributed by atoms with Gasteiger partial charge >= 0.3 is 12.4 Å². The molecule has 0 spiro atoms. The van der Waals surface area contributed by atoms with Crippen LogP contribution >= 0.6 is 0 Å². The third-order valence-electron chi connectivity index (χ3n) is 5.19. The van der Waals surface area contributed by atoms with Crippen LogP contribution < -0.4 is 10.1 Å². The minimum Gasteiger partial charge on any atom is -0.406 e. The number of hydrogen-bond donors (Lipinski definition) is 1. The molecule has 0 radical (unpaired) electrons. The summed E-state index contributed by atoms with van der Waals surface area (Å²) in [5, 5.41) is 2.78. The highest BCUT2D eigenvalue weighted by Gasteiger charge is 2.47. The second-order valence-electron chi connectivity index (χ2n) is 6.88. The number of carbonyl (C=O) groups is 2. The first-order valence-corrected chi connectivity index (χ1v) is 8.51. The summed E-state index contributed by atoms with van der Waals surface area (Å²) in [7, 11) is 0. The molecule has 1 aromatic carbocycles. The Morgan fingerprint density at radius 1 is 1.19 bits per heavy atom. The quantitative estimate of drug-likeness (QED) is 0.886. The largest absolute Gasteiger partial charge is 0.573 e. The predicted octanol–water partition coefficient (Wildman–Crippen LogP) is 1.92. The number of amides is 3. The lowest BCUT2D eigenvalue weighted by atomic mass is 10.1. The summed E-state index contributed by atoms with van der Waals surface area (Å²) in [6.07, 6.45) is -4.02. The van der Waals surface area contributed by atoms with Crippen LogP contribution in [0, 0.1) is 5.92 Å². The minimum absolute atomic E-state index is 0.0243. The van der Waals surface area contributed by atoms with Gasteiger partial charge in [0.05, 0.1) is 6.04 Å². The molecule has 140 valence electrons. The Balaban J connectivity index is 1.35. The van der Waals surface area contributed by atoms with Gasteiger partial charge in [-0.1, -0.05) is 12.1 Å². The van der Waals surface area contributed by atoms with Gasteiger partial charge in [0.1, 0.15) is 5.75 Å². The molecule has 2 heterocycles. The highest BCUT2D eigenvalue weighted by Crippen LogP contribution is 2.49. The molecule has 26 heavy (non-hydrogen) atoms. The van der Waals surface area contributed by atoms with Crippen LogP contribution in [0.4, 0.5) is 18.0 Å². The number of nitrogens with zero attached hydrogens (tertiary/aromatic N) is 2. The predicted molar refractivity (Wildman–Crippen MR) is 84.4 cm³/mol. The average molecular weight is 369 g/mol. The molecule has 4 rings (SSSR count). The fraction of sp³-hybridized carbons (Fsp3) is 0.529. The third kappa shape index (κ3) is 3.30. The summed E-state index contributed by atoms with van der Waals surface area (Å²) in [6, 6.07) is 5.66. The van der Waals surface area contributed by atoms with Gasteiger partial charge in [-0.15, -0.1) is 13.2 Å². The minimum atomic E-state index is -4.71. The fourth-order valence-corrected chi connectivity index (χ4v) is 3.79. The lowest BCUT2D eigenvalue weighted by Gasteiger charge is -2.36. The van der Waals surface area contributed by atoms with Gasteiger partial charge in [0.25, 0.3) is 0 Å². The molecule has 3 atom stereocenters. The molecule has 0 aromatic heterocycles. The van der Waals surface area contributed by atoms with Gasteiger partial charge < -0.3 is 19.9 Å². The summed E-state index contributed by atoms with van der Waals surface area (Å²) < 4.78 is 40.5. The van der Waals surface area contributed by atoms with E-state index >= 15 is 0 Å². The summed E-state index contributed by atoms with van der Waals surface area (Å²) >= 11 is 0. The molecular formula is C17H18F3N3O3. The number of rotatable bonds is 3. The molecule has 1 aliphatic carbocycles. The lowest BCUT2D eigenvalue weighted by Crippen LogP contribution is -2.54. The SMILES string of the molecule is O=C(C1CC1c1ccc(OC(F)(F)F)cc1)N1CCN2C(=O)NCC2C1. The molecule has 9 heteroatoms. The maximum absolute atomic E-state index is 12.7. The van der Waals surface area contributed by atoms with Gasteiger partial charge in [0, 0.05) is 32.1 Å². The first kappa shape index (κ1) is 17.0. The Labute approximate surface area is 147 Å². The number of piperazine rings is 1. The van der Waals surface area contributed by atoms with Gasteiger partial charge in [-0.3, -0.25) is 4.79 Å². The number of ether oxygens (including phenoxy) is 1. The molecule has 2 saturated heterocycles. The van der Waals surface area contributed by atoms with Crippen molar-refractivity contribution in [2.24, 2.45) is 5.92 Å². The van der Waals surface area contributed by atoms with Crippen molar-refractivity contribution in [2.75, 3.05) is 26.2 Å². The number of hydrogen-bond acceptors (Lipinski definition) is 3. The zero-order chi connectivity index (χ0) is 18.5. The zero-order valence-corrected chi connectivity index (χ0v) is 13.8. The molecule has 3 amide bonds. The number of benzene rings is 1. The number of carbonyl (C=O) groups excluding carboxylic acids is 2. The maximum Gasteiger partial charge on any atom is 0.573 e. The zero-order valence-electron chi connectivity index (χ0n) is 13.8. The number of urea groups is 1. The van der Waals surface area contributed by atoms with E-state index in [0.717, 1.165) is 5.56 Å². The van der Waals surface area contributed by atoms with Crippen LogP contribution in [0.3, 0.4) is 0 Å². The van der Waals surface area contributed by atoms with E-state index in [1.54, 1.807) is 21.9 Å². The Hall–Kier alpha value is -2.45. The van der Waals surface area contributed by atoms with E-state index < -0.39 is 6.36 Å². The van der Waals surface area contributed by atoms with Crippen molar-refractivity contribution in [3.8, 4) is 5.75 Å². The smallest absolute Gasteiger partial charge is 0.406 e. The molecule has 3 aliphatic rings. The van der Waals surface area contributed by atoms with E-state index in [1.807, 2.05) is 0 Å². The van der Waals surface area contributed by atoms with Crippen molar-refractivity contribution in [2.45, 2.75) is 24.7 Å². The highest BCUT2D eigenvalue weighted by atomic mass is 19.4. The van der Waals surface area contributed by atoms with E-state index in [9.17, 15) is 22.8 Å². The van der Waals surface area contributed by atoms with Crippen molar-refractivity contribution in [3.05, 3.63) is 29.8 Å². The van der Waals surface area contributed by atoms with E-state index in [1.165, 1.54) is 12.1 Å². The van der Waals surface area contributed by atoms with Crippen LogP contribution in [0.5, 0.6) is 5.75 Å². The van der Waals surface area contributed by atoms with Gasteiger partial charge in [-0.25, -0.2) is 4.79 Å². The van der Waals surface area contributed by atoms with Crippen LogP contribution in [0.15, 0.2) is 24.3 Å². The summed E-state index contributed by atoms with van der Waals surface area (Å²) in [4.78, 5) is 27.9. The first-order valence-electron chi connectivity index (χ1n) is 8.51. The van der Waals surface area contributed by atoms with E-state index in [0.29, 0.717) is 32.6 Å². The molecule has 1 N–H and O–H groups in total. The van der Waals surface area contributed by atoms with Crippen molar-refractivity contribution < 1.29 is 27.5 Å². The Morgan fingerprint density at radius 3 is 2.62 bits per heavy atom. The Morgan fingerprint density at radius 2 is 1.92 bits per heavy atom. The van der Waals surface area contributed by atoms with E-state index in [4.69, 9.17) is 0 Å². The lowest BCUT2D eigenvalue weighted by molar-refractivity contribution is -0.274. The molecule has 3 unspecified atom stereocenters. The molecular weight excluding hydrogens is 351 g/mol. The molecule has 1 saturated carbocycles. The van der Waals surface area contributed by atoms with Crippen LogP contribution in [-0.4, -0.2) is 60.3 Å². The van der Waals surface area contributed by atoms with Gasteiger partial charge in [-0.05, 0) is 30.0 Å². The Kier molecular flexibility index (Phi) is 3.96. The topological polar surface area (TPSA) is 61.9 Å². The maximum atomic E-state index is 12.7. The normalized spacial score (nSPS) is 27.8. The van der Waals surface area contributed by atoms with Crippen molar-refractivity contribution >= 4 is 11.9 Å². The van der Waals surface area contributed by atoms with E-state index in [-0.39, 0.29) is 35.6 Å². The van der Waals surface area contributed by atoms with Gasteiger partial charge in [0.2, 0.25) is 5.91 Å². The Bertz CT molecular complexity index is 722. The van der Waals surface area contributed by atoms with Gasteiger partial charge in [0.15, 0.2) is 0 Å². The monoisotopic (exact) mass is 369 g/mol. The summed E-state index contributed by atoms with van der Waals surface area (Å²) in [5.74, 6) is -0.311. The summed E-state index contributed by atoms with van der Waals surface area (Å²) in [5.41, 5.74) is 0.842. The van der Waals surface area contributed by atoms with Crippen LogP contribution in [0.25, 0.3) is 0 Å². The molecule has 6 nitrogen and oxygen atoms in total. The molecule has 3 fully saturated rings. The fourth-order valence-electron chi connectivity index (χ4n) is 3.79. The van der Waals surface area contributed by atoms with Crippen LogP contribution in [-0.2, 0) is 4.79 Å². The van der Waals surface area contributed by atoms with Gasteiger partial charge in [-0.2, -0.15) is 0 Å². The number of nitrogens with one attached hydrogen (secondary N) is 1. The standard InChI is InChI=1S/C17H18F3N3O3/c18-17(19,20)26-12-3-1-10(2-4-12)13-7-14(13)15(24)22-5-6-23-11(9-22)8-21-16(23)25/h1-4,11,13-14H,5-9H2,(H,21,25). The third-order valence-corrected chi connectivity index (χ3v) is 5.19. The molecule has 1 aromatic rings. The van der Waals surface area contributed by atoms with Crippen molar-refractivity contribution in [1.29, 1.82) is 0 Å². The van der Waals surface area contributed by atoms with Crippen molar-refractivity contribution in [3.63, 3.8) is 0 Å². The first-order chi connectivity index (χ1) is 12.3. The second kappa shape index (κ2) is 6.07. The number of fused-ring (bicyclic) bond motifs is 1. The second-order valence-corrected chi connectivity index (χ2v) is 6.88.